The van der Waals surface area contributed by atoms with E-state index in [1.165, 1.54) is 0 Å². The van der Waals surface area contributed by atoms with Crippen molar-refractivity contribution in [1.82, 2.24) is 4.98 Å². The van der Waals surface area contributed by atoms with Gasteiger partial charge >= 0.3 is 5.97 Å². The predicted molar refractivity (Wildman–Crippen MR) is 124 cm³/mol. The number of hydrogen-bond donors (Lipinski definition) is 0. The van der Waals surface area contributed by atoms with Crippen LogP contribution in [-0.4, -0.2) is 23.7 Å². The smallest absolute Gasteiger partial charge is 0.347 e. The van der Waals surface area contributed by atoms with Crippen molar-refractivity contribution in [3.8, 4) is 22.1 Å². The van der Waals surface area contributed by atoms with Crippen LogP contribution in [0.5, 0.6) is 11.5 Å². The molecule has 0 aliphatic rings. The molecule has 0 fully saturated rings. The third-order valence-electron chi connectivity index (χ3n) is 4.71. The molecular weight excluding hydrogens is 434 g/mol. The molecule has 5 nitrogen and oxygen atoms in total. The van der Waals surface area contributed by atoms with E-state index in [1.54, 1.807) is 24.5 Å². The number of hydrogen-bond acceptors (Lipinski definition) is 6. The van der Waals surface area contributed by atoms with Crippen LogP contribution in [-0.2, 0) is 16.1 Å². The Balaban J connectivity index is 1.65. The van der Waals surface area contributed by atoms with Crippen LogP contribution >= 0.6 is 22.9 Å². The van der Waals surface area contributed by atoms with Crippen molar-refractivity contribution in [2.75, 3.05) is 6.61 Å². The Labute approximate surface area is 191 Å². The van der Waals surface area contributed by atoms with E-state index in [2.05, 4.69) is 18.0 Å². The zero-order valence-electron chi connectivity index (χ0n) is 18.1. The molecule has 0 aliphatic heterocycles. The van der Waals surface area contributed by atoms with Crippen LogP contribution in [0.3, 0.4) is 0 Å². The van der Waals surface area contributed by atoms with E-state index >= 15 is 0 Å². The number of carbonyl (C=O) groups is 1. The van der Waals surface area contributed by atoms with Gasteiger partial charge in [-0.25, -0.2) is 4.79 Å². The average Bonchev–Trinajstić information content (AvgIpc) is 3.12. The molecule has 2 heterocycles. The van der Waals surface area contributed by atoms with E-state index in [1.807, 2.05) is 44.2 Å². The maximum absolute atomic E-state index is 12.0. The molecular formula is C24H26ClNO4S. The molecule has 31 heavy (non-hydrogen) atoms. The van der Waals surface area contributed by atoms with Gasteiger partial charge in [0.05, 0.1) is 22.2 Å². The molecule has 0 aliphatic carbocycles. The molecule has 3 aromatic rings. The lowest BCUT2D eigenvalue weighted by molar-refractivity contribution is -0.151. The minimum atomic E-state index is -0.612. The van der Waals surface area contributed by atoms with Gasteiger partial charge in [-0.3, -0.25) is 4.98 Å². The Bertz CT molecular complexity index is 1030. The standard InChI is InChI=1S/C24H26ClNO4S/c1-5-20(24(27)28-6-2)30-21-10-8-18(11-15(21)3)29-14-23-16(4)12-22(31-23)19-9-7-17(25)13-26-19/h7-13,20H,5-6,14H2,1-4H3. The van der Waals surface area contributed by atoms with Crippen molar-refractivity contribution in [3.05, 3.63) is 63.6 Å². The van der Waals surface area contributed by atoms with Gasteiger partial charge in [-0.1, -0.05) is 18.5 Å². The van der Waals surface area contributed by atoms with Crippen LogP contribution in [0.15, 0.2) is 42.6 Å². The first-order chi connectivity index (χ1) is 14.9. The zero-order chi connectivity index (χ0) is 22.4. The minimum absolute atomic E-state index is 0.336. The number of ether oxygens (including phenoxy) is 3. The first-order valence-electron chi connectivity index (χ1n) is 10.2. The van der Waals surface area contributed by atoms with Crippen molar-refractivity contribution in [3.63, 3.8) is 0 Å². The molecule has 164 valence electrons. The number of carbonyl (C=O) groups excluding carboxylic acids is 1. The molecule has 0 saturated heterocycles. The highest BCUT2D eigenvalue weighted by atomic mass is 35.5. The van der Waals surface area contributed by atoms with Gasteiger partial charge in [0.25, 0.3) is 0 Å². The molecule has 0 bridgehead atoms. The van der Waals surface area contributed by atoms with Crippen LogP contribution in [0.25, 0.3) is 10.6 Å². The number of halogens is 1. The summed E-state index contributed by atoms with van der Waals surface area (Å²) in [5.74, 6) is 1.05. The molecule has 0 N–H and O–H groups in total. The van der Waals surface area contributed by atoms with E-state index < -0.39 is 6.10 Å². The summed E-state index contributed by atoms with van der Waals surface area (Å²) in [6.45, 7) is 8.47. The number of esters is 1. The Morgan fingerprint density at radius 1 is 1.13 bits per heavy atom. The number of aromatic nitrogens is 1. The Morgan fingerprint density at radius 3 is 2.58 bits per heavy atom. The summed E-state index contributed by atoms with van der Waals surface area (Å²) in [4.78, 5) is 18.6. The van der Waals surface area contributed by atoms with Crippen LogP contribution in [0.2, 0.25) is 5.02 Å². The Hall–Kier alpha value is -2.57. The second-order valence-electron chi connectivity index (χ2n) is 7.06. The Kier molecular flexibility index (Phi) is 7.93. The van der Waals surface area contributed by atoms with E-state index in [-0.39, 0.29) is 5.97 Å². The highest BCUT2D eigenvalue weighted by Crippen LogP contribution is 2.32. The highest BCUT2D eigenvalue weighted by molar-refractivity contribution is 7.15. The fraction of sp³-hybridized carbons (Fsp3) is 0.333. The van der Waals surface area contributed by atoms with Gasteiger partial charge in [0.1, 0.15) is 18.1 Å². The molecule has 0 saturated carbocycles. The lowest BCUT2D eigenvalue weighted by Gasteiger charge is -2.18. The van der Waals surface area contributed by atoms with Gasteiger partial charge in [0, 0.05) is 11.1 Å². The fourth-order valence-corrected chi connectivity index (χ4v) is 4.17. The molecule has 2 aromatic heterocycles. The number of benzene rings is 1. The van der Waals surface area contributed by atoms with Crippen LogP contribution in [0.1, 0.15) is 36.3 Å². The van der Waals surface area contributed by atoms with Crippen LogP contribution < -0.4 is 9.47 Å². The van der Waals surface area contributed by atoms with Gasteiger partial charge in [-0.05, 0) is 74.7 Å². The number of pyridine rings is 1. The van der Waals surface area contributed by atoms with Gasteiger partial charge < -0.3 is 14.2 Å². The first-order valence-corrected chi connectivity index (χ1v) is 11.4. The summed E-state index contributed by atoms with van der Waals surface area (Å²) in [6.07, 6.45) is 1.58. The number of nitrogens with zero attached hydrogens (tertiary/aromatic N) is 1. The molecule has 0 amide bonds. The summed E-state index contributed by atoms with van der Waals surface area (Å²) in [5.41, 5.74) is 2.95. The maximum atomic E-state index is 12.0. The normalized spacial score (nSPS) is 11.8. The highest BCUT2D eigenvalue weighted by Gasteiger charge is 2.20. The minimum Gasteiger partial charge on any atom is -0.488 e. The fourth-order valence-electron chi connectivity index (χ4n) is 2.99. The average molecular weight is 460 g/mol. The number of thiophene rings is 1. The van der Waals surface area contributed by atoms with Crippen molar-refractivity contribution in [2.45, 2.75) is 46.8 Å². The van der Waals surface area contributed by atoms with Gasteiger partial charge in [0.15, 0.2) is 6.10 Å². The Morgan fingerprint density at radius 2 is 1.94 bits per heavy atom. The summed E-state index contributed by atoms with van der Waals surface area (Å²) in [6, 6.07) is 11.5. The van der Waals surface area contributed by atoms with E-state index in [4.69, 9.17) is 25.8 Å². The molecule has 1 atom stereocenters. The quantitative estimate of drug-likeness (QED) is 0.347. The zero-order valence-corrected chi connectivity index (χ0v) is 19.7. The number of rotatable bonds is 9. The SMILES string of the molecule is CCOC(=O)C(CC)Oc1ccc(OCc2sc(-c3ccc(Cl)cn3)cc2C)cc1C. The molecule has 0 radical (unpaired) electrons. The van der Waals surface area contributed by atoms with E-state index in [0.29, 0.717) is 30.4 Å². The van der Waals surface area contributed by atoms with E-state index in [0.717, 1.165) is 32.3 Å². The van der Waals surface area contributed by atoms with Crippen LogP contribution in [0.4, 0.5) is 0 Å². The van der Waals surface area contributed by atoms with Crippen molar-refractivity contribution < 1.29 is 19.0 Å². The molecule has 0 spiro atoms. The molecule has 1 aromatic carbocycles. The number of aryl methyl sites for hydroxylation is 2. The lowest BCUT2D eigenvalue weighted by Crippen LogP contribution is -2.28. The van der Waals surface area contributed by atoms with Crippen molar-refractivity contribution >= 4 is 28.9 Å². The topological polar surface area (TPSA) is 57.7 Å². The molecule has 7 heteroatoms. The molecule has 3 rings (SSSR count). The summed E-state index contributed by atoms with van der Waals surface area (Å²) < 4.78 is 16.9. The second-order valence-corrected chi connectivity index (χ2v) is 8.63. The summed E-state index contributed by atoms with van der Waals surface area (Å²) in [7, 11) is 0. The maximum Gasteiger partial charge on any atom is 0.347 e. The van der Waals surface area contributed by atoms with Gasteiger partial charge in [0.2, 0.25) is 0 Å². The molecule has 1 unspecified atom stereocenters. The van der Waals surface area contributed by atoms with Gasteiger partial charge in [-0.2, -0.15) is 0 Å². The lowest BCUT2D eigenvalue weighted by atomic mass is 10.2. The van der Waals surface area contributed by atoms with Crippen LogP contribution in [0, 0.1) is 13.8 Å². The monoisotopic (exact) mass is 459 g/mol. The summed E-state index contributed by atoms with van der Waals surface area (Å²) in [5, 5.41) is 0.621. The van der Waals surface area contributed by atoms with Gasteiger partial charge in [-0.15, -0.1) is 11.3 Å². The largest absolute Gasteiger partial charge is 0.488 e. The third kappa shape index (κ3) is 5.99. The van der Waals surface area contributed by atoms with Crippen molar-refractivity contribution in [1.29, 1.82) is 0 Å². The van der Waals surface area contributed by atoms with E-state index in [9.17, 15) is 4.79 Å². The van der Waals surface area contributed by atoms with Crippen molar-refractivity contribution in [2.24, 2.45) is 0 Å². The second kappa shape index (κ2) is 10.6. The third-order valence-corrected chi connectivity index (χ3v) is 6.16. The summed E-state index contributed by atoms with van der Waals surface area (Å²) >= 11 is 7.59. The predicted octanol–water partition coefficient (Wildman–Crippen LogP) is 6.38. The first kappa shape index (κ1) is 23.1.